The van der Waals surface area contributed by atoms with Crippen LogP contribution in [0.25, 0.3) is 22.3 Å². The summed E-state index contributed by atoms with van der Waals surface area (Å²) in [5, 5.41) is 8.05. The van der Waals surface area contributed by atoms with Crippen LogP contribution in [0.1, 0.15) is 43.1 Å². The molecule has 4 aromatic rings. The molecular weight excluding hydrogens is 390 g/mol. The Kier molecular flexibility index (Phi) is 4.19. The quantitative estimate of drug-likeness (QED) is 0.552. The zero-order chi connectivity index (χ0) is 20.9. The SMILES string of the molecule is CC1CC(Nc2ncc3c(-c4ccc5ncc(C(=O)N6CCCC6)n5c4)ccn3n2)C1. The molecule has 1 saturated heterocycles. The van der Waals surface area contributed by atoms with E-state index in [-0.39, 0.29) is 5.91 Å². The predicted octanol–water partition coefficient (Wildman–Crippen LogP) is 3.49. The minimum Gasteiger partial charge on any atom is -0.350 e. The van der Waals surface area contributed by atoms with Crippen molar-refractivity contribution in [1.82, 2.24) is 28.9 Å². The second-order valence-corrected chi connectivity index (χ2v) is 8.85. The number of fused-ring (bicyclic) bond motifs is 2. The Morgan fingerprint density at radius 3 is 2.74 bits per heavy atom. The summed E-state index contributed by atoms with van der Waals surface area (Å²) in [6, 6.07) is 6.49. The molecular formula is C23H25N7O. The van der Waals surface area contributed by atoms with E-state index in [2.05, 4.69) is 27.3 Å². The Labute approximate surface area is 179 Å². The molecule has 0 atom stereocenters. The lowest BCUT2D eigenvalue weighted by Gasteiger charge is -2.33. The highest BCUT2D eigenvalue weighted by atomic mass is 16.2. The van der Waals surface area contributed by atoms with Crippen molar-refractivity contribution in [2.75, 3.05) is 18.4 Å². The van der Waals surface area contributed by atoms with E-state index in [1.54, 1.807) is 6.20 Å². The molecule has 1 N–H and O–H groups in total. The molecule has 1 aliphatic carbocycles. The van der Waals surface area contributed by atoms with Crippen molar-refractivity contribution in [3.05, 3.63) is 48.7 Å². The third-order valence-electron chi connectivity index (χ3n) is 6.55. The van der Waals surface area contributed by atoms with Crippen LogP contribution in [-0.4, -0.2) is 53.9 Å². The summed E-state index contributed by atoms with van der Waals surface area (Å²) in [6.45, 7) is 3.91. The van der Waals surface area contributed by atoms with Gasteiger partial charge < -0.3 is 10.2 Å². The standard InChI is InChI=1S/C23H25N7O/c1-15-10-17(11-15)26-23-25-12-19-18(6-9-30(19)27-23)16-4-5-21-24-13-20(29(21)14-16)22(31)28-7-2-3-8-28/h4-6,9,12-15,17H,2-3,7-8,10-11H2,1H3,(H,26,27). The van der Waals surface area contributed by atoms with E-state index >= 15 is 0 Å². The Hall–Kier alpha value is -3.42. The predicted molar refractivity (Wildman–Crippen MR) is 118 cm³/mol. The first-order valence-electron chi connectivity index (χ1n) is 11.0. The molecule has 8 heteroatoms. The van der Waals surface area contributed by atoms with Crippen molar-refractivity contribution in [3.8, 4) is 11.1 Å². The van der Waals surface area contributed by atoms with Gasteiger partial charge in [-0.15, -0.1) is 5.10 Å². The van der Waals surface area contributed by atoms with Crippen molar-refractivity contribution < 1.29 is 4.79 Å². The number of carbonyl (C=O) groups is 1. The summed E-state index contributed by atoms with van der Waals surface area (Å²) < 4.78 is 3.76. The fourth-order valence-corrected chi connectivity index (χ4v) is 4.79. The third kappa shape index (κ3) is 3.13. The topological polar surface area (TPSA) is 79.8 Å². The highest BCUT2D eigenvalue weighted by Crippen LogP contribution is 2.30. The number of pyridine rings is 1. The molecule has 0 radical (unpaired) electrons. The van der Waals surface area contributed by atoms with Crippen LogP contribution in [0.15, 0.2) is 43.0 Å². The van der Waals surface area contributed by atoms with Crippen LogP contribution in [0.3, 0.4) is 0 Å². The van der Waals surface area contributed by atoms with Gasteiger partial charge in [0.1, 0.15) is 11.3 Å². The van der Waals surface area contributed by atoms with Gasteiger partial charge in [0.05, 0.1) is 17.9 Å². The van der Waals surface area contributed by atoms with Crippen molar-refractivity contribution in [3.63, 3.8) is 0 Å². The Balaban J connectivity index is 1.33. The number of hydrogen-bond acceptors (Lipinski definition) is 5. The van der Waals surface area contributed by atoms with Gasteiger partial charge in [0.2, 0.25) is 5.95 Å². The van der Waals surface area contributed by atoms with Gasteiger partial charge in [0.15, 0.2) is 0 Å². The van der Waals surface area contributed by atoms with Gasteiger partial charge in [-0.05, 0) is 49.8 Å². The maximum Gasteiger partial charge on any atom is 0.272 e. The molecule has 4 aromatic heterocycles. The average Bonchev–Trinajstić information content (AvgIpc) is 3.50. The number of carbonyl (C=O) groups excluding carboxylic acids is 1. The Morgan fingerprint density at radius 2 is 1.94 bits per heavy atom. The van der Waals surface area contributed by atoms with Crippen LogP contribution in [0.5, 0.6) is 0 Å². The van der Waals surface area contributed by atoms with E-state index < -0.39 is 0 Å². The number of hydrogen-bond donors (Lipinski definition) is 1. The van der Waals surface area contributed by atoms with Gasteiger partial charge >= 0.3 is 0 Å². The Bertz CT molecular complexity index is 1280. The largest absolute Gasteiger partial charge is 0.350 e. The maximum atomic E-state index is 12.9. The molecule has 1 aliphatic heterocycles. The lowest BCUT2D eigenvalue weighted by Crippen LogP contribution is -2.34. The fraction of sp³-hybridized carbons (Fsp3) is 0.391. The summed E-state index contributed by atoms with van der Waals surface area (Å²) in [6.07, 6.45) is 12.0. The molecule has 8 nitrogen and oxygen atoms in total. The monoisotopic (exact) mass is 415 g/mol. The van der Waals surface area contributed by atoms with Crippen LogP contribution in [0.4, 0.5) is 5.95 Å². The van der Waals surface area contributed by atoms with Gasteiger partial charge in [-0.3, -0.25) is 9.20 Å². The molecule has 5 heterocycles. The zero-order valence-electron chi connectivity index (χ0n) is 17.5. The highest BCUT2D eigenvalue weighted by Gasteiger charge is 2.26. The number of nitrogens with zero attached hydrogens (tertiary/aromatic N) is 6. The second-order valence-electron chi connectivity index (χ2n) is 8.85. The third-order valence-corrected chi connectivity index (χ3v) is 6.55. The van der Waals surface area contributed by atoms with Gasteiger partial charge in [-0.25, -0.2) is 14.5 Å². The van der Waals surface area contributed by atoms with Gasteiger partial charge in [-0.2, -0.15) is 0 Å². The first-order valence-corrected chi connectivity index (χ1v) is 11.0. The van der Waals surface area contributed by atoms with Crippen LogP contribution in [-0.2, 0) is 0 Å². The van der Waals surface area contributed by atoms with E-state index in [9.17, 15) is 4.79 Å². The maximum absolute atomic E-state index is 12.9. The van der Waals surface area contributed by atoms with Crippen molar-refractivity contribution >= 4 is 23.0 Å². The smallest absolute Gasteiger partial charge is 0.272 e. The van der Waals surface area contributed by atoms with Crippen molar-refractivity contribution in [2.45, 2.75) is 38.6 Å². The van der Waals surface area contributed by atoms with Crippen LogP contribution in [0, 0.1) is 5.92 Å². The van der Waals surface area contributed by atoms with E-state index in [1.807, 2.05) is 50.6 Å². The van der Waals surface area contributed by atoms with Gasteiger partial charge in [0, 0.05) is 42.7 Å². The average molecular weight is 416 g/mol. The van der Waals surface area contributed by atoms with Gasteiger partial charge in [-0.1, -0.05) is 6.92 Å². The second kappa shape index (κ2) is 7.08. The number of imidazole rings is 1. The minimum absolute atomic E-state index is 0.0493. The van der Waals surface area contributed by atoms with Crippen molar-refractivity contribution in [2.24, 2.45) is 5.92 Å². The summed E-state index contributed by atoms with van der Waals surface area (Å²) in [5.74, 6) is 1.49. The molecule has 0 spiro atoms. The number of nitrogens with one attached hydrogen (secondary N) is 1. The van der Waals surface area contributed by atoms with E-state index in [4.69, 9.17) is 0 Å². The van der Waals surface area contributed by atoms with Crippen LogP contribution >= 0.6 is 0 Å². The minimum atomic E-state index is 0.0493. The van der Waals surface area contributed by atoms with E-state index in [0.29, 0.717) is 17.7 Å². The molecule has 0 bridgehead atoms. The number of rotatable bonds is 4. The lowest BCUT2D eigenvalue weighted by atomic mass is 9.82. The molecule has 31 heavy (non-hydrogen) atoms. The van der Waals surface area contributed by atoms with E-state index in [0.717, 1.165) is 54.1 Å². The van der Waals surface area contributed by atoms with E-state index in [1.165, 1.54) is 12.8 Å². The summed E-state index contributed by atoms with van der Waals surface area (Å²) in [5.41, 5.74) is 4.34. The molecule has 0 unspecified atom stereocenters. The molecule has 158 valence electrons. The Morgan fingerprint density at radius 1 is 1.10 bits per heavy atom. The summed E-state index contributed by atoms with van der Waals surface area (Å²) in [4.78, 5) is 23.8. The number of likely N-dealkylation sites (tertiary alicyclic amines) is 1. The van der Waals surface area contributed by atoms with Gasteiger partial charge in [0.25, 0.3) is 5.91 Å². The van der Waals surface area contributed by atoms with Crippen LogP contribution in [0.2, 0.25) is 0 Å². The molecule has 6 rings (SSSR count). The number of aromatic nitrogens is 5. The highest BCUT2D eigenvalue weighted by molar-refractivity contribution is 5.93. The number of anilines is 1. The first kappa shape index (κ1) is 18.4. The molecule has 0 aromatic carbocycles. The van der Waals surface area contributed by atoms with Crippen LogP contribution < -0.4 is 5.32 Å². The molecule has 1 saturated carbocycles. The molecule has 2 fully saturated rings. The summed E-state index contributed by atoms with van der Waals surface area (Å²) >= 11 is 0. The first-order chi connectivity index (χ1) is 15.2. The normalized spacial score (nSPS) is 21.0. The fourth-order valence-electron chi connectivity index (χ4n) is 4.79. The summed E-state index contributed by atoms with van der Waals surface area (Å²) in [7, 11) is 0. The lowest BCUT2D eigenvalue weighted by molar-refractivity contribution is 0.0786. The number of amides is 1. The van der Waals surface area contributed by atoms with Crippen molar-refractivity contribution in [1.29, 1.82) is 0 Å². The molecule has 2 aliphatic rings. The zero-order valence-corrected chi connectivity index (χ0v) is 17.5. The molecule has 1 amide bonds.